The first kappa shape index (κ1) is 13.4. The van der Waals surface area contributed by atoms with E-state index < -0.39 is 14.2 Å². The average molecular weight is 296 g/mol. The van der Waals surface area contributed by atoms with Crippen LogP contribution in [0.15, 0.2) is 36.4 Å². The summed E-state index contributed by atoms with van der Waals surface area (Å²) in [5.41, 5.74) is 2.46. The van der Waals surface area contributed by atoms with Crippen LogP contribution < -0.4 is 10.4 Å². The van der Waals surface area contributed by atoms with E-state index >= 15 is 4.11 Å². The second-order valence-electron chi connectivity index (χ2n) is 5.25. The maximum absolute atomic E-state index is 15.1. The molecule has 0 N–H and O–H groups in total. The van der Waals surface area contributed by atoms with Crippen molar-refractivity contribution in [3.63, 3.8) is 0 Å². The fourth-order valence-corrected chi connectivity index (χ4v) is 5.50. The number of hydrogen-bond donors (Lipinski definition) is 0. The van der Waals surface area contributed by atoms with Crippen molar-refractivity contribution in [2.45, 2.75) is 19.6 Å². The Morgan fingerprint density at radius 3 is 1.55 bits per heavy atom. The van der Waals surface area contributed by atoms with Gasteiger partial charge in [0.1, 0.15) is 0 Å². The maximum Gasteiger partial charge on any atom is 0.426 e. The van der Waals surface area contributed by atoms with Gasteiger partial charge in [-0.1, -0.05) is 47.5 Å². The van der Waals surface area contributed by atoms with Crippen molar-refractivity contribution in [3.8, 4) is 11.1 Å². The molecule has 0 aromatic heterocycles. The number of benzene rings is 2. The van der Waals surface area contributed by atoms with Gasteiger partial charge in [-0.15, -0.1) is 0 Å². The molecule has 0 spiro atoms. The lowest BCUT2D eigenvalue weighted by atomic mass is 10.0. The molecular weight excluding hydrogens is 284 g/mol. The summed E-state index contributed by atoms with van der Waals surface area (Å²) in [6.07, 6.45) is 0. The van der Waals surface area contributed by atoms with Gasteiger partial charge in [-0.25, -0.2) is 0 Å². The van der Waals surface area contributed by atoms with Crippen molar-refractivity contribution in [2.75, 3.05) is 0 Å². The van der Waals surface area contributed by atoms with Gasteiger partial charge in [0, 0.05) is 0 Å². The molecule has 5 heteroatoms. The zero-order valence-corrected chi connectivity index (χ0v) is 12.0. The molecule has 1 aliphatic heterocycles. The SMILES string of the molecule is Cc1ccc2c(c1)-c1cc(C)ccc1[Si]2(F)C(F)(F)F. The van der Waals surface area contributed by atoms with Gasteiger partial charge in [0.05, 0.1) is 0 Å². The normalized spacial score (nSPS) is 15.9. The molecule has 2 aromatic rings. The first-order valence-electron chi connectivity index (χ1n) is 6.23. The van der Waals surface area contributed by atoms with E-state index in [1.165, 1.54) is 12.1 Å². The standard InChI is InChI=1S/C15H12F4Si/c1-9-3-5-13-11(7-9)12-8-10(2)4-6-14(12)20(13,19)15(16,17)18/h3-8H,1-2H3. The lowest BCUT2D eigenvalue weighted by Crippen LogP contribution is -2.63. The third-order valence-corrected chi connectivity index (χ3v) is 6.91. The van der Waals surface area contributed by atoms with Crippen LogP contribution >= 0.6 is 0 Å². The van der Waals surface area contributed by atoms with Gasteiger partial charge in [-0.3, -0.25) is 4.11 Å². The smallest absolute Gasteiger partial charge is 0.291 e. The highest BCUT2D eigenvalue weighted by Gasteiger charge is 2.66. The second kappa shape index (κ2) is 3.94. The van der Waals surface area contributed by atoms with Crippen LogP contribution in [0.2, 0.25) is 0 Å². The molecule has 0 fully saturated rings. The third kappa shape index (κ3) is 1.59. The molecule has 0 unspecified atom stereocenters. The summed E-state index contributed by atoms with van der Waals surface area (Å²) >= 11 is 0. The molecule has 0 nitrogen and oxygen atoms in total. The van der Waals surface area contributed by atoms with E-state index in [2.05, 4.69) is 0 Å². The van der Waals surface area contributed by atoms with Crippen molar-refractivity contribution in [1.82, 2.24) is 0 Å². The first-order chi connectivity index (χ1) is 9.25. The van der Waals surface area contributed by atoms with Crippen LogP contribution in [0, 0.1) is 13.8 Å². The van der Waals surface area contributed by atoms with Gasteiger partial charge in [-0.2, -0.15) is 13.2 Å². The molecule has 20 heavy (non-hydrogen) atoms. The Hall–Kier alpha value is -1.62. The van der Waals surface area contributed by atoms with Crippen LogP contribution in [-0.4, -0.2) is 14.2 Å². The molecule has 0 atom stereocenters. The van der Waals surface area contributed by atoms with E-state index in [0.29, 0.717) is 11.1 Å². The Morgan fingerprint density at radius 1 is 0.800 bits per heavy atom. The molecule has 104 valence electrons. The highest BCUT2D eigenvalue weighted by molar-refractivity contribution is 7.02. The van der Waals surface area contributed by atoms with Crippen LogP contribution in [-0.2, 0) is 0 Å². The van der Waals surface area contributed by atoms with Crippen LogP contribution in [0.4, 0.5) is 17.3 Å². The summed E-state index contributed by atoms with van der Waals surface area (Å²) in [6.45, 7) is 3.59. The van der Waals surface area contributed by atoms with E-state index in [1.807, 2.05) is 0 Å². The zero-order valence-electron chi connectivity index (χ0n) is 11.0. The topological polar surface area (TPSA) is 0 Å². The quantitative estimate of drug-likeness (QED) is 0.397. The molecule has 0 aliphatic carbocycles. The summed E-state index contributed by atoms with van der Waals surface area (Å²) in [6, 6.07) is 9.00. The van der Waals surface area contributed by atoms with Crippen molar-refractivity contribution in [1.29, 1.82) is 0 Å². The predicted molar refractivity (Wildman–Crippen MR) is 73.5 cm³/mol. The average Bonchev–Trinajstić information content (AvgIpc) is 2.59. The van der Waals surface area contributed by atoms with Gasteiger partial charge < -0.3 is 0 Å². The molecule has 1 heterocycles. The Balaban J connectivity index is 2.42. The van der Waals surface area contributed by atoms with E-state index in [-0.39, 0.29) is 10.4 Å². The molecule has 0 saturated carbocycles. The molecule has 0 bridgehead atoms. The first-order valence-corrected chi connectivity index (χ1v) is 8.11. The predicted octanol–water partition coefficient (Wildman–Crippen LogP) is 3.41. The van der Waals surface area contributed by atoms with Gasteiger partial charge in [-0.05, 0) is 35.3 Å². The molecule has 0 amide bonds. The third-order valence-electron chi connectivity index (χ3n) is 3.77. The lowest BCUT2D eigenvalue weighted by Gasteiger charge is -2.22. The maximum atomic E-state index is 15.1. The van der Waals surface area contributed by atoms with Gasteiger partial charge in [0.25, 0.3) is 0 Å². The van der Waals surface area contributed by atoms with Gasteiger partial charge in [0.15, 0.2) is 0 Å². The van der Waals surface area contributed by atoms with Crippen LogP contribution in [0.5, 0.6) is 0 Å². The number of halogens is 4. The summed E-state index contributed by atoms with van der Waals surface area (Å²) in [4.78, 5) is 0. The summed E-state index contributed by atoms with van der Waals surface area (Å²) in [7, 11) is -5.18. The minimum absolute atomic E-state index is 0.170. The largest absolute Gasteiger partial charge is 0.426 e. The molecule has 2 aromatic carbocycles. The molecule has 0 saturated heterocycles. The minimum atomic E-state index is -5.18. The van der Waals surface area contributed by atoms with Crippen molar-refractivity contribution in [2.24, 2.45) is 0 Å². The number of hydrogen-bond acceptors (Lipinski definition) is 0. The Kier molecular flexibility index (Phi) is 2.64. The molecule has 1 aliphatic rings. The fourth-order valence-electron chi connectivity index (χ4n) is 2.81. The Labute approximate surface area is 115 Å². The number of aryl methyl sites for hydroxylation is 2. The fraction of sp³-hybridized carbons (Fsp3) is 0.200. The van der Waals surface area contributed by atoms with E-state index in [9.17, 15) is 13.2 Å². The number of alkyl halides is 3. The van der Waals surface area contributed by atoms with E-state index in [1.54, 1.807) is 38.1 Å². The molecule has 0 radical (unpaired) electrons. The zero-order chi connectivity index (χ0) is 14.7. The van der Waals surface area contributed by atoms with Crippen LogP contribution in [0.3, 0.4) is 0 Å². The number of fused-ring (bicyclic) bond motifs is 3. The van der Waals surface area contributed by atoms with Gasteiger partial charge >= 0.3 is 14.2 Å². The summed E-state index contributed by atoms with van der Waals surface area (Å²) in [5.74, 6) is -4.84. The Morgan fingerprint density at radius 2 is 1.20 bits per heavy atom. The monoisotopic (exact) mass is 296 g/mol. The lowest BCUT2D eigenvalue weighted by molar-refractivity contribution is -0.0596. The molecule has 3 rings (SSSR count). The van der Waals surface area contributed by atoms with Gasteiger partial charge in [0.2, 0.25) is 0 Å². The van der Waals surface area contributed by atoms with Crippen LogP contribution in [0.25, 0.3) is 11.1 Å². The summed E-state index contributed by atoms with van der Waals surface area (Å²) in [5, 5.41) is -0.340. The molecular formula is C15H12F4Si. The van der Waals surface area contributed by atoms with Crippen molar-refractivity contribution >= 4 is 18.8 Å². The number of rotatable bonds is 0. The highest BCUT2D eigenvalue weighted by Crippen LogP contribution is 2.39. The van der Waals surface area contributed by atoms with E-state index in [0.717, 1.165) is 11.1 Å². The second-order valence-corrected chi connectivity index (χ2v) is 8.22. The van der Waals surface area contributed by atoms with Crippen molar-refractivity contribution in [3.05, 3.63) is 47.5 Å². The Bertz CT molecular complexity index is 652. The minimum Gasteiger partial charge on any atom is -0.291 e. The summed E-state index contributed by atoms with van der Waals surface area (Å²) < 4.78 is 55.3. The highest BCUT2D eigenvalue weighted by atomic mass is 28.4. The van der Waals surface area contributed by atoms with E-state index in [4.69, 9.17) is 0 Å². The van der Waals surface area contributed by atoms with Crippen LogP contribution in [0.1, 0.15) is 11.1 Å². The van der Waals surface area contributed by atoms with Crippen molar-refractivity contribution < 1.29 is 17.3 Å².